The van der Waals surface area contributed by atoms with Crippen LogP contribution in [0.15, 0.2) is 28.7 Å². The van der Waals surface area contributed by atoms with E-state index in [9.17, 15) is 14.0 Å². The van der Waals surface area contributed by atoms with Gasteiger partial charge in [-0.15, -0.1) is 0 Å². The maximum Gasteiger partial charge on any atom is 0.255 e. The van der Waals surface area contributed by atoms with Crippen LogP contribution < -0.4 is 10.6 Å². The molecule has 2 atom stereocenters. The average molecular weight is 370 g/mol. The second kappa shape index (κ2) is 7.18. The first kappa shape index (κ1) is 17.8. The van der Waals surface area contributed by atoms with Gasteiger partial charge in [0.05, 0.1) is 17.6 Å². The number of carbonyl (C=O) groups is 2. The minimum absolute atomic E-state index is 0.134. The van der Waals surface area contributed by atoms with Crippen molar-refractivity contribution >= 4 is 11.8 Å². The fourth-order valence-corrected chi connectivity index (χ4v) is 4.22. The number of benzene rings is 1. The van der Waals surface area contributed by atoms with Crippen molar-refractivity contribution in [1.29, 1.82) is 0 Å². The molecule has 2 heterocycles. The lowest BCUT2D eigenvalue weighted by molar-refractivity contribution is -0.123. The Labute approximate surface area is 157 Å². The van der Waals surface area contributed by atoms with Crippen molar-refractivity contribution in [3.63, 3.8) is 0 Å². The van der Waals surface area contributed by atoms with Gasteiger partial charge >= 0.3 is 0 Å². The first-order chi connectivity index (χ1) is 13.0. The third-order valence-electron chi connectivity index (χ3n) is 5.53. The van der Waals surface area contributed by atoms with Gasteiger partial charge in [-0.3, -0.25) is 9.59 Å². The van der Waals surface area contributed by atoms with Gasteiger partial charge in [0.25, 0.3) is 5.91 Å². The summed E-state index contributed by atoms with van der Waals surface area (Å²) in [5.41, 5.74) is 1.99. The molecule has 6 heteroatoms. The summed E-state index contributed by atoms with van der Waals surface area (Å²) in [6.07, 6.45) is 4.59. The zero-order valence-corrected chi connectivity index (χ0v) is 15.3. The Morgan fingerprint density at radius 2 is 2.00 bits per heavy atom. The molecule has 2 unspecified atom stereocenters. The SMILES string of the molecule is Cc1oc2c(c1C(=O)NC1CCC(=O)NC1c1ccccc1F)CCCC2. The fraction of sp³-hybridized carbons (Fsp3) is 0.429. The molecule has 1 aromatic heterocycles. The molecule has 1 aliphatic heterocycles. The standard InChI is InChI=1S/C21H23FN2O3/c1-12-19(14-7-3-5-9-17(14)27-12)21(26)23-16-10-11-18(25)24-20(16)13-6-2-4-8-15(13)22/h2,4,6,8,16,20H,3,5,7,9-11H2,1H3,(H,23,26)(H,24,25). The van der Waals surface area contributed by atoms with Crippen molar-refractivity contribution in [2.45, 2.75) is 57.5 Å². The Kier molecular flexibility index (Phi) is 4.72. The highest BCUT2D eigenvalue weighted by atomic mass is 19.1. The maximum absolute atomic E-state index is 14.3. The highest BCUT2D eigenvalue weighted by Crippen LogP contribution is 2.31. The van der Waals surface area contributed by atoms with E-state index in [4.69, 9.17) is 4.42 Å². The zero-order chi connectivity index (χ0) is 19.0. The number of halogens is 1. The molecule has 2 amide bonds. The van der Waals surface area contributed by atoms with E-state index in [-0.39, 0.29) is 23.7 Å². The van der Waals surface area contributed by atoms with Crippen molar-refractivity contribution < 1.29 is 18.4 Å². The molecule has 27 heavy (non-hydrogen) atoms. The second-order valence-corrected chi connectivity index (χ2v) is 7.33. The summed E-state index contributed by atoms with van der Waals surface area (Å²) >= 11 is 0. The summed E-state index contributed by atoms with van der Waals surface area (Å²) in [7, 11) is 0. The predicted molar refractivity (Wildman–Crippen MR) is 97.9 cm³/mol. The van der Waals surface area contributed by atoms with Crippen LogP contribution in [0.4, 0.5) is 4.39 Å². The van der Waals surface area contributed by atoms with E-state index < -0.39 is 6.04 Å². The summed E-state index contributed by atoms with van der Waals surface area (Å²) in [6, 6.07) is 5.40. The number of piperidine rings is 1. The molecule has 4 rings (SSSR count). The van der Waals surface area contributed by atoms with Crippen LogP contribution in [0, 0.1) is 12.7 Å². The molecule has 0 bridgehead atoms. The molecule has 1 saturated heterocycles. The maximum atomic E-state index is 14.3. The largest absolute Gasteiger partial charge is 0.465 e. The molecule has 0 radical (unpaired) electrons. The van der Waals surface area contributed by atoms with E-state index in [1.165, 1.54) is 6.07 Å². The number of amides is 2. The van der Waals surface area contributed by atoms with Crippen molar-refractivity contribution in [2.75, 3.05) is 0 Å². The monoisotopic (exact) mass is 370 g/mol. The topological polar surface area (TPSA) is 71.3 Å². The minimum Gasteiger partial charge on any atom is -0.465 e. The summed E-state index contributed by atoms with van der Waals surface area (Å²) in [6.45, 7) is 1.81. The summed E-state index contributed by atoms with van der Waals surface area (Å²) in [5.74, 6) is 0.807. The molecular formula is C21H23FN2O3. The molecule has 0 saturated carbocycles. The van der Waals surface area contributed by atoms with E-state index >= 15 is 0 Å². The number of aryl methyl sites for hydroxylation is 2. The number of hydrogen-bond acceptors (Lipinski definition) is 3. The highest BCUT2D eigenvalue weighted by molar-refractivity contribution is 5.97. The van der Waals surface area contributed by atoms with Gasteiger partial charge < -0.3 is 15.1 Å². The van der Waals surface area contributed by atoms with Crippen molar-refractivity contribution in [3.05, 3.63) is 58.3 Å². The lowest BCUT2D eigenvalue weighted by Crippen LogP contribution is -2.50. The second-order valence-electron chi connectivity index (χ2n) is 7.33. The molecule has 1 aliphatic carbocycles. The van der Waals surface area contributed by atoms with Crippen molar-refractivity contribution in [3.8, 4) is 0 Å². The average Bonchev–Trinajstić information content (AvgIpc) is 2.99. The van der Waals surface area contributed by atoms with Crippen LogP contribution in [-0.4, -0.2) is 17.9 Å². The van der Waals surface area contributed by atoms with Crippen LogP contribution in [0.1, 0.15) is 64.7 Å². The van der Waals surface area contributed by atoms with Gasteiger partial charge in [-0.1, -0.05) is 18.2 Å². The molecule has 2 N–H and O–H groups in total. The van der Waals surface area contributed by atoms with E-state index in [2.05, 4.69) is 10.6 Å². The van der Waals surface area contributed by atoms with Crippen molar-refractivity contribution in [2.24, 2.45) is 0 Å². The Bertz CT molecular complexity index is 890. The van der Waals surface area contributed by atoms with Crippen LogP contribution in [-0.2, 0) is 17.6 Å². The molecule has 1 aromatic carbocycles. The van der Waals surface area contributed by atoms with Crippen LogP contribution >= 0.6 is 0 Å². The lowest BCUT2D eigenvalue weighted by Gasteiger charge is -2.33. The van der Waals surface area contributed by atoms with Crippen molar-refractivity contribution in [1.82, 2.24) is 10.6 Å². The molecule has 142 valence electrons. The smallest absolute Gasteiger partial charge is 0.255 e. The van der Waals surface area contributed by atoms with Crippen LogP contribution in [0.3, 0.4) is 0 Å². The van der Waals surface area contributed by atoms with Gasteiger partial charge in [0, 0.05) is 24.0 Å². The van der Waals surface area contributed by atoms with E-state index in [0.717, 1.165) is 37.0 Å². The molecule has 2 aliphatic rings. The summed E-state index contributed by atoms with van der Waals surface area (Å²) < 4.78 is 20.1. The first-order valence-electron chi connectivity index (χ1n) is 9.50. The van der Waals surface area contributed by atoms with E-state index in [1.54, 1.807) is 18.2 Å². The molecule has 0 spiro atoms. The Morgan fingerprint density at radius 1 is 1.22 bits per heavy atom. The molecule has 5 nitrogen and oxygen atoms in total. The van der Waals surface area contributed by atoms with Gasteiger partial charge in [-0.2, -0.15) is 0 Å². The molecular weight excluding hydrogens is 347 g/mol. The third kappa shape index (κ3) is 3.36. The number of rotatable bonds is 3. The van der Waals surface area contributed by atoms with Crippen LogP contribution in [0.2, 0.25) is 0 Å². The van der Waals surface area contributed by atoms with Gasteiger partial charge in [0.1, 0.15) is 17.3 Å². The Morgan fingerprint density at radius 3 is 2.81 bits per heavy atom. The molecule has 2 aromatic rings. The number of furan rings is 1. The third-order valence-corrected chi connectivity index (χ3v) is 5.53. The van der Waals surface area contributed by atoms with Gasteiger partial charge in [0.2, 0.25) is 5.91 Å². The quantitative estimate of drug-likeness (QED) is 0.870. The summed E-state index contributed by atoms with van der Waals surface area (Å²) in [5, 5.41) is 5.86. The predicted octanol–water partition coefficient (Wildman–Crippen LogP) is 3.36. The Balaban J connectivity index is 1.60. The van der Waals surface area contributed by atoms with E-state index in [0.29, 0.717) is 29.7 Å². The fourth-order valence-electron chi connectivity index (χ4n) is 4.22. The number of hydrogen-bond donors (Lipinski definition) is 2. The summed E-state index contributed by atoms with van der Waals surface area (Å²) in [4.78, 5) is 24.9. The van der Waals surface area contributed by atoms with Crippen LogP contribution in [0.5, 0.6) is 0 Å². The number of fused-ring (bicyclic) bond motifs is 1. The zero-order valence-electron chi connectivity index (χ0n) is 15.3. The van der Waals surface area contributed by atoms with Gasteiger partial charge in [-0.25, -0.2) is 4.39 Å². The normalized spacial score (nSPS) is 22.1. The Hall–Kier alpha value is -2.63. The van der Waals surface area contributed by atoms with Crippen LogP contribution in [0.25, 0.3) is 0 Å². The first-order valence-corrected chi connectivity index (χ1v) is 9.50. The number of carbonyl (C=O) groups excluding carboxylic acids is 2. The highest BCUT2D eigenvalue weighted by Gasteiger charge is 2.34. The number of nitrogens with one attached hydrogen (secondary N) is 2. The lowest BCUT2D eigenvalue weighted by atomic mass is 9.90. The van der Waals surface area contributed by atoms with Gasteiger partial charge in [0.15, 0.2) is 0 Å². The van der Waals surface area contributed by atoms with E-state index in [1.807, 2.05) is 6.92 Å². The molecule has 1 fully saturated rings. The van der Waals surface area contributed by atoms with Gasteiger partial charge in [-0.05, 0) is 38.7 Å². The minimum atomic E-state index is -0.584.